The second kappa shape index (κ2) is 9.07. The monoisotopic (exact) mass is 487 g/mol. The van der Waals surface area contributed by atoms with Crippen LogP contribution in [0.15, 0.2) is 92.6 Å². The number of non-ortho nitro benzene ring substituents is 1. The standard InChI is InChI=1S/C25H21N5O4S/c1-17-23(24(31)29(27(17)2)19-9-4-3-5-10-19)26-25-28(15-21-12-7-13-34-21)22(16-35-25)18-8-6-11-20(14-18)30(32)33/h3-14,16H,15H2,1-2H3. The predicted molar refractivity (Wildman–Crippen MR) is 133 cm³/mol. The average Bonchev–Trinajstić information content (AvgIpc) is 3.57. The Morgan fingerprint density at radius 3 is 2.60 bits per heavy atom. The van der Waals surface area contributed by atoms with Gasteiger partial charge in [-0.2, -0.15) is 0 Å². The van der Waals surface area contributed by atoms with Gasteiger partial charge in [-0.05, 0) is 31.2 Å². The Morgan fingerprint density at radius 1 is 1.09 bits per heavy atom. The number of rotatable bonds is 6. The van der Waals surface area contributed by atoms with Crippen LogP contribution >= 0.6 is 11.3 Å². The van der Waals surface area contributed by atoms with Gasteiger partial charge in [0.15, 0.2) is 10.5 Å². The summed E-state index contributed by atoms with van der Waals surface area (Å²) in [7, 11) is 1.82. The molecule has 0 aliphatic heterocycles. The fourth-order valence-electron chi connectivity index (χ4n) is 3.92. The molecule has 0 atom stereocenters. The maximum atomic E-state index is 13.4. The first-order valence-electron chi connectivity index (χ1n) is 10.8. The number of nitro groups is 1. The molecule has 0 N–H and O–H groups in total. The number of hydrogen-bond donors (Lipinski definition) is 0. The lowest BCUT2D eigenvalue weighted by Crippen LogP contribution is -2.20. The van der Waals surface area contributed by atoms with E-state index in [1.165, 1.54) is 23.5 Å². The van der Waals surface area contributed by atoms with Gasteiger partial charge < -0.3 is 8.98 Å². The van der Waals surface area contributed by atoms with Gasteiger partial charge in [0, 0.05) is 30.1 Å². The Morgan fingerprint density at radius 2 is 1.89 bits per heavy atom. The lowest BCUT2D eigenvalue weighted by atomic mass is 10.1. The number of aromatic nitrogens is 3. The number of thiazole rings is 1. The van der Waals surface area contributed by atoms with Crippen LogP contribution in [0.1, 0.15) is 11.5 Å². The Labute approximate surface area is 203 Å². The van der Waals surface area contributed by atoms with Crippen molar-refractivity contribution < 1.29 is 9.34 Å². The third-order valence-corrected chi connectivity index (χ3v) is 6.64. The molecule has 176 valence electrons. The molecule has 0 radical (unpaired) electrons. The number of nitro benzene ring substituents is 1. The van der Waals surface area contributed by atoms with Crippen molar-refractivity contribution >= 4 is 22.7 Å². The molecule has 0 spiro atoms. The zero-order chi connectivity index (χ0) is 24.5. The molecule has 0 aliphatic rings. The summed E-state index contributed by atoms with van der Waals surface area (Å²) >= 11 is 1.36. The molecule has 9 nitrogen and oxygen atoms in total. The van der Waals surface area contributed by atoms with Crippen LogP contribution in [0.4, 0.5) is 11.4 Å². The Kier molecular flexibility index (Phi) is 5.79. The molecule has 0 bridgehead atoms. The minimum Gasteiger partial charge on any atom is -0.467 e. The quantitative estimate of drug-likeness (QED) is 0.254. The molecule has 3 heterocycles. The maximum Gasteiger partial charge on any atom is 0.297 e. The Hall–Kier alpha value is -4.44. The topological polar surface area (TPSA) is 100 Å². The predicted octanol–water partition coefficient (Wildman–Crippen LogP) is 4.80. The van der Waals surface area contributed by atoms with Crippen LogP contribution in [0.2, 0.25) is 0 Å². The molecule has 0 aliphatic carbocycles. The first-order valence-corrected chi connectivity index (χ1v) is 11.7. The normalized spacial score (nSPS) is 11.8. The Bertz CT molecular complexity index is 1640. The van der Waals surface area contributed by atoms with E-state index in [1.54, 1.807) is 27.8 Å². The highest BCUT2D eigenvalue weighted by atomic mass is 32.1. The van der Waals surface area contributed by atoms with Gasteiger partial charge in [-0.25, -0.2) is 9.67 Å². The van der Waals surface area contributed by atoms with Gasteiger partial charge in [0.25, 0.3) is 11.2 Å². The van der Waals surface area contributed by atoms with Crippen LogP contribution in [-0.2, 0) is 13.6 Å². The lowest BCUT2D eigenvalue weighted by Gasteiger charge is -2.08. The number of furan rings is 1. The maximum absolute atomic E-state index is 13.4. The van der Waals surface area contributed by atoms with Crippen LogP contribution < -0.4 is 10.4 Å². The number of para-hydroxylation sites is 1. The van der Waals surface area contributed by atoms with E-state index < -0.39 is 4.92 Å². The van der Waals surface area contributed by atoms with Crippen LogP contribution in [0.25, 0.3) is 16.9 Å². The van der Waals surface area contributed by atoms with E-state index in [0.29, 0.717) is 34.1 Å². The van der Waals surface area contributed by atoms with Crippen molar-refractivity contribution in [3.05, 3.63) is 115 Å². The fourth-order valence-corrected chi connectivity index (χ4v) is 4.83. The van der Waals surface area contributed by atoms with Crippen LogP contribution in [0.5, 0.6) is 0 Å². The summed E-state index contributed by atoms with van der Waals surface area (Å²) in [5.41, 5.74) is 2.98. The van der Waals surface area contributed by atoms with E-state index in [4.69, 9.17) is 9.41 Å². The van der Waals surface area contributed by atoms with E-state index in [9.17, 15) is 14.9 Å². The van der Waals surface area contributed by atoms with Gasteiger partial charge in [0.05, 0.1) is 34.8 Å². The number of hydrogen-bond acceptors (Lipinski definition) is 6. The number of benzene rings is 2. The molecular weight excluding hydrogens is 466 g/mol. The van der Waals surface area contributed by atoms with Crippen molar-refractivity contribution in [1.29, 1.82) is 0 Å². The summed E-state index contributed by atoms with van der Waals surface area (Å²) in [6.45, 7) is 2.21. The molecular formula is C25H21N5O4S. The summed E-state index contributed by atoms with van der Waals surface area (Å²) in [6, 6.07) is 19.5. The summed E-state index contributed by atoms with van der Waals surface area (Å²) in [4.78, 5) is 29.7. The average molecular weight is 488 g/mol. The van der Waals surface area contributed by atoms with Crippen LogP contribution in [-0.4, -0.2) is 18.9 Å². The molecule has 0 fully saturated rings. The molecule has 0 unspecified atom stereocenters. The molecule has 35 heavy (non-hydrogen) atoms. The van der Waals surface area contributed by atoms with Crippen molar-refractivity contribution in [2.45, 2.75) is 13.5 Å². The summed E-state index contributed by atoms with van der Waals surface area (Å²) in [5.74, 6) is 0.697. The van der Waals surface area contributed by atoms with Gasteiger partial charge >= 0.3 is 0 Å². The van der Waals surface area contributed by atoms with Gasteiger partial charge in [-0.3, -0.25) is 19.6 Å². The first kappa shape index (κ1) is 22.4. The molecule has 0 saturated heterocycles. The van der Waals surface area contributed by atoms with Gasteiger partial charge in [-0.15, -0.1) is 11.3 Å². The summed E-state index contributed by atoms with van der Waals surface area (Å²) < 4.78 is 10.8. The highest BCUT2D eigenvalue weighted by Crippen LogP contribution is 2.26. The molecule has 2 aromatic carbocycles. The van der Waals surface area contributed by atoms with Gasteiger partial charge in [0.1, 0.15) is 5.76 Å². The number of nitrogens with zero attached hydrogens (tertiary/aromatic N) is 5. The lowest BCUT2D eigenvalue weighted by molar-refractivity contribution is -0.384. The van der Waals surface area contributed by atoms with Crippen LogP contribution in [0, 0.1) is 17.0 Å². The van der Waals surface area contributed by atoms with E-state index in [2.05, 4.69) is 0 Å². The van der Waals surface area contributed by atoms with Crippen LogP contribution in [0.3, 0.4) is 0 Å². The molecule has 0 amide bonds. The second-order valence-electron chi connectivity index (χ2n) is 7.90. The molecule has 5 aromatic rings. The van der Waals surface area contributed by atoms with E-state index in [-0.39, 0.29) is 11.2 Å². The first-order chi connectivity index (χ1) is 16.9. The van der Waals surface area contributed by atoms with E-state index in [0.717, 1.165) is 11.4 Å². The highest BCUT2D eigenvalue weighted by molar-refractivity contribution is 7.07. The molecule has 3 aromatic heterocycles. The minimum absolute atomic E-state index is 0.00129. The third-order valence-electron chi connectivity index (χ3n) is 5.78. The van der Waals surface area contributed by atoms with Crippen molar-refractivity contribution in [3.8, 4) is 16.9 Å². The minimum atomic E-state index is -0.419. The zero-order valence-electron chi connectivity index (χ0n) is 19.0. The second-order valence-corrected chi connectivity index (χ2v) is 8.73. The zero-order valence-corrected chi connectivity index (χ0v) is 19.8. The fraction of sp³-hybridized carbons (Fsp3) is 0.120. The molecule has 5 rings (SSSR count). The Balaban J connectivity index is 1.70. The van der Waals surface area contributed by atoms with Crippen molar-refractivity contribution in [3.63, 3.8) is 0 Å². The van der Waals surface area contributed by atoms with Crippen molar-refractivity contribution in [1.82, 2.24) is 13.9 Å². The SMILES string of the molecule is Cc1c(N=c2scc(-c3cccc([N+](=O)[O-])c3)n2Cc2ccco2)c(=O)n(-c2ccccc2)n1C. The third kappa shape index (κ3) is 4.15. The van der Waals surface area contributed by atoms with E-state index >= 15 is 0 Å². The largest absolute Gasteiger partial charge is 0.467 e. The van der Waals surface area contributed by atoms with E-state index in [1.807, 2.05) is 66.4 Å². The van der Waals surface area contributed by atoms with Gasteiger partial charge in [0.2, 0.25) is 0 Å². The summed E-state index contributed by atoms with van der Waals surface area (Å²) in [6.07, 6.45) is 1.59. The molecule has 10 heteroatoms. The molecule has 0 saturated carbocycles. The van der Waals surface area contributed by atoms with Crippen molar-refractivity contribution in [2.24, 2.45) is 12.0 Å². The highest BCUT2D eigenvalue weighted by Gasteiger charge is 2.18. The summed E-state index contributed by atoms with van der Waals surface area (Å²) in [5, 5.41) is 13.2. The smallest absolute Gasteiger partial charge is 0.297 e. The van der Waals surface area contributed by atoms with Crippen molar-refractivity contribution in [2.75, 3.05) is 0 Å². The van der Waals surface area contributed by atoms with Gasteiger partial charge in [-0.1, -0.05) is 30.3 Å².